The number of carbonyl (C=O) groups is 3. The molecule has 142 valence electrons. The van der Waals surface area contributed by atoms with Gasteiger partial charge in [0.2, 0.25) is 11.8 Å². The Labute approximate surface area is 161 Å². The van der Waals surface area contributed by atoms with Crippen LogP contribution in [0.5, 0.6) is 0 Å². The van der Waals surface area contributed by atoms with Gasteiger partial charge in [0.05, 0.1) is 6.54 Å². The number of hydrogen-bond acceptors (Lipinski definition) is 4. The molecule has 0 aliphatic carbocycles. The lowest BCUT2D eigenvalue weighted by molar-refractivity contribution is -0.120. The van der Waals surface area contributed by atoms with E-state index in [1.807, 2.05) is 24.3 Å². The van der Waals surface area contributed by atoms with E-state index in [4.69, 9.17) is 4.74 Å². The van der Waals surface area contributed by atoms with Crippen molar-refractivity contribution in [3.05, 3.63) is 40.4 Å². The molecule has 3 N–H and O–H groups in total. The fraction of sp³-hybridized carbons (Fsp3) is 0.389. The van der Waals surface area contributed by atoms with Gasteiger partial charge in [-0.05, 0) is 44.5 Å². The van der Waals surface area contributed by atoms with Gasteiger partial charge in [0.25, 0.3) is 0 Å². The molecule has 0 radical (unpaired) electrons. The Hall–Kier alpha value is -2.35. The number of benzene rings is 1. The summed E-state index contributed by atoms with van der Waals surface area (Å²) in [5.41, 5.74) is 0.291. The third kappa shape index (κ3) is 10.5. The fourth-order valence-electron chi connectivity index (χ4n) is 1.72. The first kappa shape index (κ1) is 21.7. The third-order valence-corrected chi connectivity index (χ3v) is 3.36. The molecule has 0 bridgehead atoms. The molecular weight excluding hydrogens is 402 g/mol. The minimum Gasteiger partial charge on any atom is -0.444 e. The van der Waals surface area contributed by atoms with Gasteiger partial charge in [-0.3, -0.25) is 9.59 Å². The van der Waals surface area contributed by atoms with Crippen molar-refractivity contribution in [3.8, 4) is 0 Å². The van der Waals surface area contributed by atoms with E-state index < -0.39 is 11.7 Å². The van der Waals surface area contributed by atoms with E-state index in [2.05, 4.69) is 31.9 Å². The molecule has 0 aromatic heterocycles. The molecule has 0 aliphatic heterocycles. The van der Waals surface area contributed by atoms with Crippen LogP contribution in [0.2, 0.25) is 0 Å². The fourth-order valence-corrected chi connectivity index (χ4v) is 1.99. The maximum atomic E-state index is 11.7. The monoisotopic (exact) mass is 425 g/mol. The molecule has 7 nitrogen and oxygen atoms in total. The van der Waals surface area contributed by atoms with Gasteiger partial charge in [-0.15, -0.1) is 0 Å². The highest BCUT2D eigenvalue weighted by atomic mass is 79.9. The van der Waals surface area contributed by atoms with E-state index in [-0.39, 0.29) is 31.4 Å². The number of nitrogens with one attached hydrogen (secondary N) is 3. The second-order valence-corrected chi connectivity index (χ2v) is 7.30. The molecule has 26 heavy (non-hydrogen) atoms. The zero-order chi connectivity index (χ0) is 19.6. The van der Waals surface area contributed by atoms with Crippen molar-refractivity contribution in [2.75, 3.05) is 19.6 Å². The van der Waals surface area contributed by atoms with E-state index in [9.17, 15) is 14.4 Å². The predicted molar refractivity (Wildman–Crippen MR) is 103 cm³/mol. The van der Waals surface area contributed by atoms with Crippen LogP contribution in [0.1, 0.15) is 26.3 Å². The summed E-state index contributed by atoms with van der Waals surface area (Å²) in [7, 11) is 0. The first-order valence-corrected chi connectivity index (χ1v) is 8.90. The highest BCUT2D eigenvalue weighted by Crippen LogP contribution is 2.11. The zero-order valence-electron chi connectivity index (χ0n) is 15.1. The molecule has 0 fully saturated rings. The molecule has 0 spiro atoms. The number of alkyl carbamates (subject to hydrolysis) is 1. The molecule has 8 heteroatoms. The molecule has 0 saturated carbocycles. The Morgan fingerprint density at radius 1 is 1.04 bits per heavy atom. The number of halogens is 1. The minimum absolute atomic E-state index is 0.188. The van der Waals surface area contributed by atoms with Gasteiger partial charge in [0.15, 0.2) is 0 Å². The standard InChI is InChI=1S/C18H24BrN3O4/c1-18(2,3)26-17(25)22-12-16(24)21-11-10-20-15(23)9-6-13-4-7-14(19)8-5-13/h4-9H,10-12H2,1-3H3,(H,20,23)(H,21,24)(H,22,25)/b9-6+. The molecule has 1 aromatic carbocycles. The van der Waals surface area contributed by atoms with Crippen LogP contribution >= 0.6 is 15.9 Å². The van der Waals surface area contributed by atoms with Crippen molar-refractivity contribution in [2.45, 2.75) is 26.4 Å². The second-order valence-electron chi connectivity index (χ2n) is 6.38. The highest BCUT2D eigenvalue weighted by Gasteiger charge is 2.16. The van der Waals surface area contributed by atoms with Gasteiger partial charge in [0.1, 0.15) is 5.60 Å². The topological polar surface area (TPSA) is 96.5 Å². The van der Waals surface area contributed by atoms with Crippen LogP contribution in [0.25, 0.3) is 6.08 Å². The minimum atomic E-state index is -0.654. The summed E-state index contributed by atoms with van der Waals surface area (Å²) in [6.45, 7) is 5.56. The second kappa shape index (κ2) is 10.6. The number of hydrogen-bond donors (Lipinski definition) is 3. The van der Waals surface area contributed by atoms with E-state index in [0.29, 0.717) is 0 Å². The van der Waals surface area contributed by atoms with Crippen molar-refractivity contribution < 1.29 is 19.1 Å². The van der Waals surface area contributed by atoms with Gasteiger partial charge in [-0.1, -0.05) is 28.1 Å². The molecule has 0 heterocycles. The van der Waals surface area contributed by atoms with Crippen molar-refractivity contribution in [1.82, 2.24) is 16.0 Å². The molecule has 0 atom stereocenters. The smallest absolute Gasteiger partial charge is 0.408 e. The van der Waals surface area contributed by atoms with Crippen LogP contribution in [-0.2, 0) is 14.3 Å². The normalized spacial score (nSPS) is 11.1. The maximum absolute atomic E-state index is 11.7. The van der Waals surface area contributed by atoms with Gasteiger partial charge in [-0.25, -0.2) is 4.79 Å². The summed E-state index contributed by atoms with van der Waals surface area (Å²) < 4.78 is 5.99. The van der Waals surface area contributed by atoms with Crippen molar-refractivity contribution in [3.63, 3.8) is 0 Å². The maximum Gasteiger partial charge on any atom is 0.408 e. The summed E-state index contributed by atoms with van der Waals surface area (Å²) in [4.78, 5) is 34.7. The molecular formula is C18H24BrN3O4. The first-order valence-electron chi connectivity index (χ1n) is 8.11. The quantitative estimate of drug-likeness (QED) is 0.460. The Kier molecular flexibility index (Phi) is 8.84. The number of ether oxygens (including phenoxy) is 1. The molecule has 0 unspecified atom stereocenters. The Bertz CT molecular complexity index is 651. The molecule has 0 saturated heterocycles. The summed E-state index contributed by atoms with van der Waals surface area (Å²) in [6.07, 6.45) is 2.47. The van der Waals surface area contributed by atoms with Crippen LogP contribution < -0.4 is 16.0 Å². The SMILES string of the molecule is CC(C)(C)OC(=O)NCC(=O)NCCNC(=O)/C=C/c1ccc(Br)cc1. The lowest BCUT2D eigenvalue weighted by atomic mass is 10.2. The number of rotatable bonds is 7. The van der Waals surface area contributed by atoms with Crippen molar-refractivity contribution in [1.29, 1.82) is 0 Å². The van der Waals surface area contributed by atoms with E-state index in [1.54, 1.807) is 26.8 Å². The Morgan fingerprint density at radius 2 is 1.65 bits per heavy atom. The van der Waals surface area contributed by atoms with Crippen molar-refractivity contribution >= 4 is 39.9 Å². The van der Waals surface area contributed by atoms with E-state index in [0.717, 1.165) is 10.0 Å². The summed E-state index contributed by atoms with van der Waals surface area (Å²) in [5, 5.41) is 7.59. The lowest BCUT2D eigenvalue weighted by Gasteiger charge is -2.19. The third-order valence-electron chi connectivity index (χ3n) is 2.84. The van der Waals surface area contributed by atoms with Gasteiger partial charge in [0, 0.05) is 23.6 Å². The van der Waals surface area contributed by atoms with Crippen LogP contribution in [0.4, 0.5) is 4.79 Å². The first-order chi connectivity index (χ1) is 12.2. The molecule has 0 aliphatic rings. The molecule has 1 rings (SSSR count). The molecule has 3 amide bonds. The van der Waals surface area contributed by atoms with Gasteiger partial charge in [-0.2, -0.15) is 0 Å². The number of amides is 3. The average Bonchev–Trinajstić information content (AvgIpc) is 2.55. The van der Waals surface area contributed by atoms with Crippen LogP contribution in [0.3, 0.4) is 0 Å². The van der Waals surface area contributed by atoms with Gasteiger partial charge >= 0.3 is 6.09 Å². The summed E-state index contributed by atoms with van der Waals surface area (Å²) in [5.74, 6) is -0.621. The van der Waals surface area contributed by atoms with Crippen LogP contribution in [0, 0.1) is 0 Å². The predicted octanol–water partition coefficient (Wildman–Crippen LogP) is 2.22. The van der Waals surface area contributed by atoms with Crippen LogP contribution in [0.15, 0.2) is 34.8 Å². The van der Waals surface area contributed by atoms with Crippen LogP contribution in [-0.4, -0.2) is 43.1 Å². The Balaban J connectivity index is 2.17. The molecule has 1 aromatic rings. The summed E-state index contributed by atoms with van der Waals surface area (Å²) in [6, 6.07) is 7.54. The lowest BCUT2D eigenvalue weighted by Crippen LogP contribution is -2.41. The Morgan fingerprint density at radius 3 is 2.27 bits per heavy atom. The van der Waals surface area contributed by atoms with Crippen molar-refractivity contribution in [2.24, 2.45) is 0 Å². The van der Waals surface area contributed by atoms with E-state index in [1.165, 1.54) is 6.08 Å². The average molecular weight is 426 g/mol. The van der Waals surface area contributed by atoms with E-state index >= 15 is 0 Å². The number of carbonyl (C=O) groups excluding carboxylic acids is 3. The summed E-state index contributed by atoms with van der Waals surface area (Å²) >= 11 is 3.34. The largest absolute Gasteiger partial charge is 0.444 e. The zero-order valence-corrected chi connectivity index (χ0v) is 16.7. The highest BCUT2D eigenvalue weighted by molar-refractivity contribution is 9.10. The van der Waals surface area contributed by atoms with Gasteiger partial charge < -0.3 is 20.7 Å².